The van der Waals surface area contributed by atoms with Gasteiger partial charge in [-0.05, 0) is 20.8 Å². The van der Waals surface area contributed by atoms with Gasteiger partial charge in [-0.15, -0.1) is 46.7 Å². The molecule has 0 radical (unpaired) electrons. The molecule has 1 unspecified atom stereocenters. The van der Waals surface area contributed by atoms with Gasteiger partial charge in [0.25, 0.3) is 0 Å². The smallest absolute Gasteiger partial charge is 0.194 e. The number of rotatable bonds is 8. The van der Waals surface area contributed by atoms with Gasteiger partial charge in [-0.25, -0.2) is 9.97 Å². The minimum absolute atomic E-state index is 0. The number of nitrogens with zero attached hydrogens (tertiary/aromatic N) is 4. The molecule has 0 amide bonds. The second-order valence-electron chi connectivity index (χ2n) is 5.75. The van der Waals surface area contributed by atoms with E-state index in [4.69, 9.17) is 9.73 Å². The van der Waals surface area contributed by atoms with Crippen molar-refractivity contribution in [1.82, 2.24) is 20.2 Å². The number of guanidine groups is 1. The first-order chi connectivity index (χ1) is 12.0. The summed E-state index contributed by atoms with van der Waals surface area (Å²) in [5.41, 5.74) is 2.15. The van der Waals surface area contributed by atoms with Crippen molar-refractivity contribution in [2.45, 2.75) is 39.8 Å². The van der Waals surface area contributed by atoms with Gasteiger partial charge in [0.05, 0.1) is 22.9 Å². The van der Waals surface area contributed by atoms with Crippen LogP contribution in [-0.2, 0) is 17.7 Å². The average molecular weight is 509 g/mol. The van der Waals surface area contributed by atoms with Gasteiger partial charge in [0.15, 0.2) is 5.96 Å². The highest BCUT2D eigenvalue weighted by Gasteiger charge is 2.12. The Hall–Kier alpha value is -0.780. The molecule has 2 aromatic heterocycles. The molecule has 1 atom stereocenters. The molecule has 0 aromatic carbocycles. The van der Waals surface area contributed by atoms with Crippen LogP contribution in [0.2, 0.25) is 0 Å². The lowest BCUT2D eigenvalue weighted by molar-refractivity contribution is 0.119. The highest BCUT2D eigenvalue weighted by molar-refractivity contribution is 14.0. The zero-order valence-electron chi connectivity index (χ0n) is 16.0. The number of aromatic nitrogens is 2. The predicted molar refractivity (Wildman–Crippen MR) is 121 cm³/mol. The number of ether oxygens (including phenoxy) is 1. The summed E-state index contributed by atoms with van der Waals surface area (Å²) in [6.45, 7) is 8.39. The summed E-state index contributed by atoms with van der Waals surface area (Å²) >= 11 is 3.32. The Bertz CT molecular complexity index is 688. The molecule has 9 heteroatoms. The van der Waals surface area contributed by atoms with Crippen LogP contribution in [0, 0.1) is 6.92 Å². The second-order valence-corrected chi connectivity index (χ2v) is 7.71. The first-order valence-corrected chi connectivity index (χ1v) is 10.2. The predicted octanol–water partition coefficient (Wildman–Crippen LogP) is 3.87. The molecule has 146 valence electrons. The number of halogens is 1. The molecule has 2 aromatic rings. The maximum absolute atomic E-state index is 5.33. The van der Waals surface area contributed by atoms with Gasteiger partial charge >= 0.3 is 0 Å². The van der Waals surface area contributed by atoms with Crippen molar-refractivity contribution >= 4 is 52.6 Å². The Morgan fingerprint density at radius 1 is 1.31 bits per heavy atom. The SMILES string of the molecule is CCNC(=NCCc1csc(C)n1)N(C)Cc1csc(C(C)OC)n1.I. The number of nitrogens with one attached hydrogen (secondary N) is 1. The molecule has 0 saturated carbocycles. The van der Waals surface area contributed by atoms with Gasteiger partial charge in [-0.2, -0.15) is 0 Å². The minimum Gasteiger partial charge on any atom is -0.375 e. The third-order valence-corrected chi connectivity index (χ3v) is 5.54. The molecule has 1 N–H and O–H groups in total. The molecule has 0 spiro atoms. The largest absolute Gasteiger partial charge is 0.375 e. The van der Waals surface area contributed by atoms with E-state index in [1.165, 1.54) is 0 Å². The molecule has 0 aliphatic carbocycles. The highest BCUT2D eigenvalue weighted by Crippen LogP contribution is 2.20. The summed E-state index contributed by atoms with van der Waals surface area (Å²) in [7, 11) is 3.74. The van der Waals surface area contributed by atoms with E-state index in [0.717, 1.165) is 46.9 Å². The standard InChI is InChI=1S/C17H27N5OS2.HI/c1-6-18-17(19-8-7-14-10-24-13(3)20-14)22(4)9-15-11-25-16(21-15)12(2)23-5;/h10-12H,6-9H2,1-5H3,(H,18,19);1H. The zero-order valence-corrected chi connectivity index (χ0v) is 19.9. The van der Waals surface area contributed by atoms with Crippen molar-refractivity contribution in [3.05, 3.63) is 32.2 Å². The lowest BCUT2D eigenvalue weighted by Gasteiger charge is -2.21. The second kappa shape index (κ2) is 11.8. The van der Waals surface area contributed by atoms with Crippen LogP contribution in [-0.4, -0.2) is 48.1 Å². The maximum Gasteiger partial charge on any atom is 0.194 e. The Morgan fingerprint density at radius 2 is 2.04 bits per heavy atom. The molecular formula is C17H28IN5OS2. The summed E-state index contributed by atoms with van der Waals surface area (Å²) in [5, 5.41) is 9.65. The first-order valence-electron chi connectivity index (χ1n) is 8.41. The van der Waals surface area contributed by atoms with Gasteiger partial charge in [-0.1, -0.05) is 0 Å². The van der Waals surface area contributed by atoms with Gasteiger partial charge in [0.2, 0.25) is 0 Å². The highest BCUT2D eigenvalue weighted by atomic mass is 127. The third-order valence-electron chi connectivity index (χ3n) is 3.66. The molecule has 0 bridgehead atoms. The topological polar surface area (TPSA) is 62.6 Å². The van der Waals surface area contributed by atoms with E-state index in [2.05, 4.69) is 37.9 Å². The quantitative estimate of drug-likeness (QED) is 0.333. The van der Waals surface area contributed by atoms with E-state index >= 15 is 0 Å². The Morgan fingerprint density at radius 3 is 2.65 bits per heavy atom. The summed E-state index contributed by atoms with van der Waals surface area (Å²) in [6.07, 6.45) is 0.895. The van der Waals surface area contributed by atoms with Gasteiger partial charge in [0, 0.05) is 44.4 Å². The van der Waals surface area contributed by atoms with Crippen molar-refractivity contribution < 1.29 is 4.74 Å². The van der Waals surface area contributed by atoms with E-state index in [1.54, 1.807) is 29.8 Å². The summed E-state index contributed by atoms with van der Waals surface area (Å²) in [4.78, 5) is 16.0. The van der Waals surface area contributed by atoms with Crippen molar-refractivity contribution in [1.29, 1.82) is 0 Å². The maximum atomic E-state index is 5.33. The van der Waals surface area contributed by atoms with Gasteiger partial charge in [-0.3, -0.25) is 4.99 Å². The molecule has 26 heavy (non-hydrogen) atoms. The zero-order chi connectivity index (χ0) is 18.2. The fourth-order valence-corrected chi connectivity index (χ4v) is 3.76. The summed E-state index contributed by atoms with van der Waals surface area (Å²) in [6, 6.07) is 0. The molecule has 0 saturated heterocycles. The van der Waals surface area contributed by atoms with Crippen LogP contribution < -0.4 is 5.32 Å². The van der Waals surface area contributed by atoms with Crippen molar-refractivity contribution in [2.75, 3.05) is 27.2 Å². The van der Waals surface area contributed by atoms with Crippen LogP contribution in [0.3, 0.4) is 0 Å². The van der Waals surface area contributed by atoms with Crippen LogP contribution in [0.15, 0.2) is 15.8 Å². The number of hydrogen-bond donors (Lipinski definition) is 1. The van der Waals surface area contributed by atoms with Crippen LogP contribution in [0.5, 0.6) is 0 Å². The average Bonchev–Trinajstić information content (AvgIpc) is 3.22. The lowest BCUT2D eigenvalue weighted by Crippen LogP contribution is -2.38. The number of methoxy groups -OCH3 is 1. The molecule has 0 aliphatic heterocycles. The molecule has 0 fully saturated rings. The van der Waals surface area contributed by atoms with E-state index in [0.29, 0.717) is 6.54 Å². The normalized spacial score (nSPS) is 12.6. The van der Waals surface area contributed by atoms with Crippen LogP contribution in [0.25, 0.3) is 0 Å². The van der Waals surface area contributed by atoms with E-state index in [9.17, 15) is 0 Å². The van der Waals surface area contributed by atoms with Gasteiger partial charge in [0.1, 0.15) is 11.1 Å². The first kappa shape index (κ1) is 23.3. The number of thiazole rings is 2. The van der Waals surface area contributed by atoms with Crippen LogP contribution in [0.4, 0.5) is 0 Å². The molecule has 2 rings (SSSR count). The van der Waals surface area contributed by atoms with Crippen molar-refractivity contribution in [3.8, 4) is 0 Å². The molecule has 0 aliphatic rings. The Balaban J connectivity index is 0.00000338. The Kier molecular flexibility index (Phi) is 10.6. The molecular weight excluding hydrogens is 481 g/mol. The molecule has 6 nitrogen and oxygen atoms in total. The number of aryl methyl sites for hydroxylation is 1. The fourth-order valence-electron chi connectivity index (χ4n) is 2.27. The number of hydrogen-bond acceptors (Lipinski definition) is 6. The van der Waals surface area contributed by atoms with Crippen LogP contribution in [0.1, 0.15) is 41.4 Å². The van der Waals surface area contributed by atoms with Crippen molar-refractivity contribution in [2.24, 2.45) is 4.99 Å². The van der Waals surface area contributed by atoms with Crippen molar-refractivity contribution in [3.63, 3.8) is 0 Å². The van der Waals surface area contributed by atoms with Gasteiger partial charge < -0.3 is 15.0 Å². The van der Waals surface area contributed by atoms with E-state index in [1.807, 2.05) is 20.9 Å². The lowest BCUT2D eigenvalue weighted by atomic mass is 10.3. The molecule has 2 heterocycles. The minimum atomic E-state index is 0. The summed E-state index contributed by atoms with van der Waals surface area (Å²) in [5.74, 6) is 0.892. The fraction of sp³-hybridized carbons (Fsp3) is 0.588. The Labute approximate surface area is 181 Å². The third kappa shape index (κ3) is 7.09. The monoisotopic (exact) mass is 509 g/mol. The number of aliphatic imine (C=N–C) groups is 1. The summed E-state index contributed by atoms with van der Waals surface area (Å²) < 4.78 is 5.33. The van der Waals surface area contributed by atoms with Crippen LogP contribution >= 0.6 is 46.7 Å². The van der Waals surface area contributed by atoms with E-state index < -0.39 is 0 Å². The van der Waals surface area contributed by atoms with E-state index in [-0.39, 0.29) is 30.1 Å².